The number of aromatic nitrogens is 2. The lowest BCUT2D eigenvalue weighted by Gasteiger charge is -1.93. The third-order valence-electron chi connectivity index (χ3n) is 2.24. The van der Waals surface area contributed by atoms with Crippen molar-refractivity contribution in [3.8, 4) is 11.4 Å². The Morgan fingerprint density at radius 1 is 1.24 bits per heavy atom. The Bertz CT molecular complexity index is 541. The zero-order valence-corrected chi connectivity index (χ0v) is 8.84. The molecule has 0 fully saturated rings. The SMILES string of the molecule is C=C(O)c1nc(-c2ccccc2)[nH]c1C(=O)O. The van der Waals surface area contributed by atoms with Crippen LogP contribution in [0.2, 0.25) is 0 Å². The van der Waals surface area contributed by atoms with Crippen molar-refractivity contribution in [2.75, 3.05) is 0 Å². The number of aliphatic hydroxyl groups is 1. The highest BCUT2D eigenvalue weighted by Gasteiger charge is 2.18. The van der Waals surface area contributed by atoms with Crippen LogP contribution in [0.15, 0.2) is 36.9 Å². The van der Waals surface area contributed by atoms with Crippen LogP contribution in [0.1, 0.15) is 16.2 Å². The molecule has 0 amide bonds. The molecule has 0 unspecified atom stereocenters. The zero-order chi connectivity index (χ0) is 12.4. The number of imidazole rings is 1. The standard InChI is InChI=1S/C12H10N2O3/c1-7(15)9-10(12(16)17)14-11(13-9)8-5-3-2-4-6-8/h2-6,15H,1H2,(H,13,14)(H,16,17). The minimum Gasteiger partial charge on any atom is -0.506 e. The Morgan fingerprint density at radius 3 is 2.35 bits per heavy atom. The molecule has 0 bridgehead atoms. The van der Waals surface area contributed by atoms with Gasteiger partial charge in [0.05, 0.1) is 0 Å². The van der Waals surface area contributed by atoms with E-state index in [2.05, 4.69) is 16.5 Å². The van der Waals surface area contributed by atoms with E-state index in [0.29, 0.717) is 5.82 Å². The van der Waals surface area contributed by atoms with Gasteiger partial charge in [0, 0.05) is 5.56 Å². The van der Waals surface area contributed by atoms with Crippen molar-refractivity contribution < 1.29 is 15.0 Å². The summed E-state index contributed by atoms with van der Waals surface area (Å²) in [6, 6.07) is 9.04. The maximum Gasteiger partial charge on any atom is 0.354 e. The van der Waals surface area contributed by atoms with E-state index in [9.17, 15) is 9.90 Å². The van der Waals surface area contributed by atoms with Gasteiger partial charge in [-0.2, -0.15) is 0 Å². The van der Waals surface area contributed by atoms with Crippen molar-refractivity contribution >= 4 is 11.7 Å². The molecule has 0 aliphatic heterocycles. The predicted molar refractivity (Wildman–Crippen MR) is 62.6 cm³/mol. The number of nitrogens with one attached hydrogen (secondary N) is 1. The minimum absolute atomic E-state index is 0.0450. The van der Waals surface area contributed by atoms with Crippen LogP contribution in [0.3, 0.4) is 0 Å². The van der Waals surface area contributed by atoms with Crippen molar-refractivity contribution in [2.45, 2.75) is 0 Å². The van der Waals surface area contributed by atoms with Gasteiger partial charge >= 0.3 is 5.97 Å². The smallest absolute Gasteiger partial charge is 0.354 e. The van der Waals surface area contributed by atoms with Crippen molar-refractivity contribution in [2.24, 2.45) is 0 Å². The Labute approximate surface area is 97.1 Å². The summed E-state index contributed by atoms with van der Waals surface area (Å²) in [7, 11) is 0. The van der Waals surface area contributed by atoms with Crippen LogP contribution in [0.4, 0.5) is 0 Å². The molecule has 1 aromatic carbocycles. The van der Waals surface area contributed by atoms with Crippen molar-refractivity contribution in [3.63, 3.8) is 0 Å². The van der Waals surface area contributed by atoms with E-state index in [1.807, 2.05) is 18.2 Å². The molecule has 1 heterocycles. The number of aromatic carboxylic acids is 1. The largest absolute Gasteiger partial charge is 0.506 e. The molecule has 86 valence electrons. The molecule has 2 rings (SSSR count). The molecule has 5 heteroatoms. The van der Waals surface area contributed by atoms with Gasteiger partial charge in [-0.3, -0.25) is 0 Å². The van der Waals surface area contributed by atoms with E-state index in [1.54, 1.807) is 12.1 Å². The maximum absolute atomic E-state index is 10.9. The molecule has 2 aromatic rings. The van der Waals surface area contributed by atoms with E-state index in [0.717, 1.165) is 5.56 Å². The molecule has 0 radical (unpaired) electrons. The number of carbonyl (C=O) groups is 1. The predicted octanol–water partition coefficient (Wildman–Crippen LogP) is 2.30. The lowest BCUT2D eigenvalue weighted by atomic mass is 10.2. The minimum atomic E-state index is -1.19. The van der Waals surface area contributed by atoms with Gasteiger partial charge in [0.15, 0.2) is 5.69 Å². The van der Waals surface area contributed by atoms with Crippen LogP contribution >= 0.6 is 0 Å². The number of carboxylic acids is 1. The molecule has 0 saturated carbocycles. The molecule has 0 aliphatic rings. The Kier molecular flexibility index (Phi) is 2.66. The van der Waals surface area contributed by atoms with Crippen LogP contribution in [0.5, 0.6) is 0 Å². The van der Waals surface area contributed by atoms with Crippen molar-refractivity contribution in [1.82, 2.24) is 9.97 Å². The van der Waals surface area contributed by atoms with Gasteiger partial charge < -0.3 is 15.2 Å². The van der Waals surface area contributed by atoms with Gasteiger partial charge in [-0.1, -0.05) is 36.9 Å². The number of H-pyrrole nitrogens is 1. The molecular weight excluding hydrogens is 220 g/mol. The van der Waals surface area contributed by atoms with Crippen LogP contribution in [0.25, 0.3) is 17.1 Å². The maximum atomic E-state index is 10.9. The first-order chi connectivity index (χ1) is 8.09. The summed E-state index contributed by atoms with van der Waals surface area (Å²) in [6.07, 6.45) is 0. The van der Waals surface area contributed by atoms with Gasteiger partial charge in [-0.05, 0) is 0 Å². The number of hydrogen-bond acceptors (Lipinski definition) is 3. The van der Waals surface area contributed by atoms with E-state index in [4.69, 9.17) is 5.11 Å². The molecule has 0 atom stereocenters. The Balaban J connectivity index is 2.55. The monoisotopic (exact) mass is 230 g/mol. The fourth-order valence-electron chi connectivity index (χ4n) is 1.47. The topological polar surface area (TPSA) is 86.2 Å². The summed E-state index contributed by atoms with van der Waals surface area (Å²) < 4.78 is 0. The summed E-state index contributed by atoms with van der Waals surface area (Å²) in [6.45, 7) is 3.29. The molecule has 0 saturated heterocycles. The summed E-state index contributed by atoms with van der Waals surface area (Å²) >= 11 is 0. The van der Waals surface area contributed by atoms with Crippen LogP contribution in [0, 0.1) is 0 Å². The Morgan fingerprint density at radius 2 is 1.88 bits per heavy atom. The van der Waals surface area contributed by atoms with Crippen molar-refractivity contribution in [1.29, 1.82) is 0 Å². The molecule has 0 aliphatic carbocycles. The summed E-state index contributed by atoms with van der Waals surface area (Å²) in [5.41, 5.74) is 0.523. The fraction of sp³-hybridized carbons (Fsp3) is 0. The summed E-state index contributed by atoms with van der Waals surface area (Å²) in [4.78, 5) is 17.6. The molecule has 17 heavy (non-hydrogen) atoms. The number of aromatic amines is 1. The van der Waals surface area contributed by atoms with E-state index in [1.165, 1.54) is 0 Å². The number of rotatable bonds is 3. The van der Waals surface area contributed by atoms with Crippen LogP contribution in [-0.4, -0.2) is 26.2 Å². The Hall–Kier alpha value is -2.56. The van der Waals surface area contributed by atoms with Gasteiger partial charge in [0.1, 0.15) is 17.3 Å². The van der Waals surface area contributed by atoms with Crippen LogP contribution < -0.4 is 0 Å². The third-order valence-corrected chi connectivity index (χ3v) is 2.24. The highest BCUT2D eigenvalue weighted by molar-refractivity contribution is 5.91. The third kappa shape index (κ3) is 2.03. The average molecular weight is 230 g/mol. The van der Waals surface area contributed by atoms with Gasteiger partial charge in [0.25, 0.3) is 0 Å². The molecule has 3 N–H and O–H groups in total. The highest BCUT2D eigenvalue weighted by atomic mass is 16.4. The molecule has 1 aromatic heterocycles. The summed E-state index contributed by atoms with van der Waals surface area (Å²) in [5.74, 6) is -1.18. The number of benzene rings is 1. The molecule has 5 nitrogen and oxygen atoms in total. The van der Waals surface area contributed by atoms with E-state index in [-0.39, 0.29) is 17.1 Å². The first kappa shape index (κ1) is 10.9. The first-order valence-corrected chi connectivity index (χ1v) is 4.86. The van der Waals surface area contributed by atoms with Gasteiger partial charge in [-0.25, -0.2) is 9.78 Å². The normalized spacial score (nSPS) is 10.1. The van der Waals surface area contributed by atoms with Crippen LogP contribution in [-0.2, 0) is 0 Å². The first-order valence-electron chi connectivity index (χ1n) is 4.86. The zero-order valence-electron chi connectivity index (χ0n) is 8.84. The number of nitrogens with zero attached hydrogens (tertiary/aromatic N) is 1. The average Bonchev–Trinajstić information content (AvgIpc) is 2.75. The molecule has 0 spiro atoms. The van der Waals surface area contributed by atoms with Gasteiger partial charge in [0.2, 0.25) is 0 Å². The number of carboxylic acid groups (broad SMARTS) is 1. The number of hydrogen-bond donors (Lipinski definition) is 3. The second kappa shape index (κ2) is 4.13. The van der Waals surface area contributed by atoms with E-state index >= 15 is 0 Å². The van der Waals surface area contributed by atoms with Crippen molar-refractivity contribution in [3.05, 3.63) is 48.3 Å². The second-order valence-electron chi connectivity index (χ2n) is 3.43. The quantitative estimate of drug-likeness (QED) is 0.706. The lowest BCUT2D eigenvalue weighted by molar-refractivity contribution is 0.0690. The van der Waals surface area contributed by atoms with E-state index < -0.39 is 5.97 Å². The highest BCUT2D eigenvalue weighted by Crippen LogP contribution is 2.20. The molecular formula is C12H10N2O3. The lowest BCUT2D eigenvalue weighted by Crippen LogP contribution is -2.00. The summed E-state index contributed by atoms with van der Waals surface area (Å²) in [5, 5.41) is 18.2. The fourth-order valence-corrected chi connectivity index (χ4v) is 1.47. The number of aliphatic hydroxyl groups excluding tert-OH is 1. The van der Waals surface area contributed by atoms with Gasteiger partial charge in [-0.15, -0.1) is 0 Å². The second-order valence-corrected chi connectivity index (χ2v) is 3.43.